The topological polar surface area (TPSA) is 85.8 Å². The molecule has 0 bridgehead atoms. The third kappa shape index (κ3) is 2.45. The monoisotopic (exact) mass is 312 g/mol. The number of hydrogen-bond acceptors (Lipinski definition) is 6. The first-order valence-electron chi connectivity index (χ1n) is 7.11. The number of nitrogens with zero attached hydrogens (tertiary/aromatic N) is 7. The van der Waals surface area contributed by atoms with Crippen LogP contribution in [0.25, 0.3) is 16.7 Å². The van der Waals surface area contributed by atoms with Crippen LogP contribution in [0.2, 0.25) is 0 Å². The minimum Gasteiger partial charge on any atom is -0.368 e. The Hall–Kier alpha value is -3.10. The zero-order chi connectivity index (χ0) is 15.8. The number of benzene rings is 1. The minimum absolute atomic E-state index is 0.260. The number of rotatable bonds is 4. The Morgan fingerprint density at radius 3 is 3.04 bits per heavy atom. The molecule has 1 aromatic carbocycles. The average molecular weight is 312 g/mol. The number of hydrogen-bond donors (Lipinski definition) is 1. The molecule has 0 amide bonds. The van der Waals surface area contributed by atoms with Gasteiger partial charge in [-0.05, 0) is 40.8 Å². The van der Waals surface area contributed by atoms with E-state index in [1.54, 1.807) is 12.1 Å². The summed E-state index contributed by atoms with van der Waals surface area (Å²) in [5, 5.41) is 18.5. The highest BCUT2D eigenvalue weighted by atomic mass is 19.1. The van der Waals surface area contributed by atoms with E-state index in [1.165, 1.54) is 16.8 Å². The summed E-state index contributed by atoms with van der Waals surface area (Å²) in [6.45, 7) is 0.639. The van der Waals surface area contributed by atoms with Crippen LogP contribution in [-0.2, 0) is 13.5 Å². The highest BCUT2D eigenvalue weighted by Crippen LogP contribution is 2.16. The maximum atomic E-state index is 13.3. The molecule has 3 aromatic heterocycles. The lowest BCUT2D eigenvalue weighted by atomic mass is 10.3. The largest absolute Gasteiger partial charge is 0.368 e. The average Bonchev–Trinajstić information content (AvgIpc) is 3.13. The molecule has 116 valence electrons. The zero-order valence-corrected chi connectivity index (χ0v) is 12.3. The molecule has 8 nitrogen and oxygen atoms in total. The number of halogens is 1. The quantitative estimate of drug-likeness (QED) is 0.609. The van der Waals surface area contributed by atoms with Crippen LogP contribution in [0.5, 0.6) is 0 Å². The highest BCUT2D eigenvalue weighted by molar-refractivity contribution is 5.75. The van der Waals surface area contributed by atoms with Crippen LogP contribution in [0, 0.1) is 5.82 Å². The number of tetrazole rings is 1. The molecule has 23 heavy (non-hydrogen) atoms. The van der Waals surface area contributed by atoms with E-state index < -0.39 is 0 Å². The van der Waals surface area contributed by atoms with Crippen molar-refractivity contribution in [1.82, 2.24) is 34.8 Å². The molecule has 0 radical (unpaired) electrons. The minimum atomic E-state index is -0.260. The molecule has 0 atom stereocenters. The van der Waals surface area contributed by atoms with Gasteiger partial charge >= 0.3 is 0 Å². The number of aryl methyl sites for hydroxylation is 1. The van der Waals surface area contributed by atoms with Gasteiger partial charge in [0.15, 0.2) is 5.65 Å². The molecule has 1 N–H and O–H groups in total. The predicted molar refractivity (Wildman–Crippen MR) is 81.4 cm³/mol. The van der Waals surface area contributed by atoms with Gasteiger partial charge in [-0.1, -0.05) is 0 Å². The number of aromatic nitrogens is 7. The number of fused-ring (bicyclic) bond motifs is 2. The smallest absolute Gasteiger partial charge is 0.200 e. The van der Waals surface area contributed by atoms with Crippen molar-refractivity contribution in [2.75, 3.05) is 11.9 Å². The standard InChI is InChI=1S/C14H13FN8/c1-22-11-8-9(15)2-3-10(11)17-13(22)6-7-16-12-4-5-14-18-20-21-23(14)19-12/h2-5,8H,6-7H2,1H3,(H,16,19). The molecule has 0 aliphatic rings. The van der Waals surface area contributed by atoms with E-state index in [2.05, 4.69) is 30.9 Å². The van der Waals surface area contributed by atoms with Crippen molar-refractivity contribution < 1.29 is 4.39 Å². The summed E-state index contributed by atoms with van der Waals surface area (Å²) in [6.07, 6.45) is 0.683. The molecule has 9 heteroatoms. The molecule has 0 aliphatic carbocycles. The van der Waals surface area contributed by atoms with Crippen LogP contribution >= 0.6 is 0 Å². The summed E-state index contributed by atoms with van der Waals surface area (Å²) in [6, 6.07) is 8.20. The van der Waals surface area contributed by atoms with Crippen LogP contribution in [0.3, 0.4) is 0 Å². The van der Waals surface area contributed by atoms with Gasteiger partial charge in [0.2, 0.25) is 0 Å². The second-order valence-corrected chi connectivity index (χ2v) is 5.14. The molecule has 4 aromatic rings. The van der Waals surface area contributed by atoms with E-state index in [0.29, 0.717) is 24.4 Å². The Kier molecular flexibility index (Phi) is 3.11. The Morgan fingerprint density at radius 2 is 2.13 bits per heavy atom. The molecule has 0 unspecified atom stereocenters. The second-order valence-electron chi connectivity index (χ2n) is 5.14. The normalized spacial score (nSPS) is 11.4. The van der Waals surface area contributed by atoms with Gasteiger partial charge in [0.05, 0.1) is 11.0 Å². The second kappa shape index (κ2) is 5.27. The van der Waals surface area contributed by atoms with Gasteiger partial charge in [-0.2, -0.15) is 0 Å². The van der Waals surface area contributed by atoms with Crippen LogP contribution in [0.4, 0.5) is 10.2 Å². The summed E-state index contributed by atoms with van der Waals surface area (Å²) >= 11 is 0. The van der Waals surface area contributed by atoms with Gasteiger partial charge < -0.3 is 9.88 Å². The fourth-order valence-electron chi connectivity index (χ4n) is 2.48. The molecular formula is C14H13FN8. The summed E-state index contributed by atoms with van der Waals surface area (Å²) in [4.78, 5) is 4.52. The third-order valence-corrected chi connectivity index (χ3v) is 3.66. The van der Waals surface area contributed by atoms with Crippen molar-refractivity contribution >= 4 is 22.5 Å². The van der Waals surface area contributed by atoms with E-state index in [1.807, 2.05) is 17.7 Å². The van der Waals surface area contributed by atoms with Crippen molar-refractivity contribution in [2.24, 2.45) is 7.05 Å². The van der Waals surface area contributed by atoms with E-state index in [4.69, 9.17) is 0 Å². The third-order valence-electron chi connectivity index (χ3n) is 3.66. The Morgan fingerprint density at radius 1 is 1.22 bits per heavy atom. The first kappa shape index (κ1) is 13.6. The lowest BCUT2D eigenvalue weighted by molar-refractivity contribution is 0.628. The van der Waals surface area contributed by atoms with Gasteiger partial charge in [0.1, 0.15) is 17.5 Å². The molecule has 0 aliphatic heterocycles. The van der Waals surface area contributed by atoms with Gasteiger partial charge in [0.25, 0.3) is 0 Å². The van der Waals surface area contributed by atoms with Gasteiger partial charge in [0, 0.05) is 20.0 Å². The Balaban J connectivity index is 1.49. The first-order chi connectivity index (χ1) is 11.2. The number of nitrogens with one attached hydrogen (secondary N) is 1. The van der Waals surface area contributed by atoms with E-state index >= 15 is 0 Å². The number of anilines is 1. The maximum Gasteiger partial charge on any atom is 0.200 e. The number of imidazole rings is 1. The fourth-order valence-corrected chi connectivity index (χ4v) is 2.48. The Bertz CT molecular complexity index is 989. The van der Waals surface area contributed by atoms with Crippen molar-refractivity contribution in [2.45, 2.75) is 6.42 Å². The summed E-state index contributed by atoms with van der Waals surface area (Å²) in [5.41, 5.74) is 2.17. The Labute approximate surface area is 129 Å². The van der Waals surface area contributed by atoms with Crippen LogP contribution in [-0.4, -0.2) is 41.4 Å². The lowest BCUT2D eigenvalue weighted by Crippen LogP contribution is -2.11. The molecule has 4 rings (SSSR count). The van der Waals surface area contributed by atoms with Crippen LogP contribution in [0.15, 0.2) is 30.3 Å². The zero-order valence-electron chi connectivity index (χ0n) is 12.3. The summed E-state index contributed by atoms with van der Waals surface area (Å²) < 4.78 is 16.6. The van der Waals surface area contributed by atoms with Crippen molar-refractivity contribution in [1.29, 1.82) is 0 Å². The van der Waals surface area contributed by atoms with Gasteiger partial charge in [-0.3, -0.25) is 0 Å². The maximum absolute atomic E-state index is 13.3. The van der Waals surface area contributed by atoms with E-state index in [9.17, 15) is 4.39 Å². The van der Waals surface area contributed by atoms with Crippen molar-refractivity contribution in [3.8, 4) is 0 Å². The molecule has 0 fully saturated rings. The molecule has 3 heterocycles. The first-order valence-corrected chi connectivity index (χ1v) is 7.11. The van der Waals surface area contributed by atoms with Gasteiger partial charge in [-0.15, -0.1) is 14.8 Å². The van der Waals surface area contributed by atoms with E-state index in [0.717, 1.165) is 16.9 Å². The van der Waals surface area contributed by atoms with Crippen molar-refractivity contribution in [3.63, 3.8) is 0 Å². The van der Waals surface area contributed by atoms with E-state index in [-0.39, 0.29) is 5.82 Å². The highest BCUT2D eigenvalue weighted by Gasteiger charge is 2.08. The summed E-state index contributed by atoms with van der Waals surface area (Å²) in [5.74, 6) is 1.29. The predicted octanol–water partition coefficient (Wildman–Crippen LogP) is 1.20. The molecule has 0 saturated carbocycles. The fraction of sp³-hybridized carbons (Fsp3) is 0.214. The van der Waals surface area contributed by atoms with Crippen LogP contribution in [0.1, 0.15) is 5.82 Å². The molecular weight excluding hydrogens is 299 g/mol. The molecule has 0 saturated heterocycles. The molecule has 0 spiro atoms. The summed E-state index contributed by atoms with van der Waals surface area (Å²) in [7, 11) is 1.88. The SMILES string of the molecule is Cn1c(CCNc2ccc3nnnn3n2)nc2ccc(F)cc21. The van der Waals surface area contributed by atoms with Crippen LogP contribution < -0.4 is 5.32 Å². The lowest BCUT2D eigenvalue weighted by Gasteiger charge is -2.05. The van der Waals surface area contributed by atoms with Gasteiger partial charge in [-0.25, -0.2) is 9.37 Å². The van der Waals surface area contributed by atoms with Crippen molar-refractivity contribution in [3.05, 3.63) is 42.0 Å².